The van der Waals surface area contributed by atoms with Crippen molar-refractivity contribution in [3.8, 4) is 0 Å². The summed E-state index contributed by atoms with van der Waals surface area (Å²) in [6.45, 7) is 3.15. The predicted molar refractivity (Wildman–Crippen MR) is 71.7 cm³/mol. The minimum Gasteiger partial charge on any atom is -0.395 e. The Hall–Kier alpha value is -1.05. The second-order valence-corrected chi connectivity index (χ2v) is 6.24. The van der Waals surface area contributed by atoms with Gasteiger partial charge in [-0.3, -0.25) is 0 Å². The third-order valence-corrected chi connectivity index (χ3v) is 5.14. The van der Waals surface area contributed by atoms with Crippen LogP contribution in [0.25, 0.3) is 0 Å². The lowest BCUT2D eigenvalue weighted by Crippen LogP contribution is -2.41. The van der Waals surface area contributed by atoms with Crippen molar-refractivity contribution in [2.45, 2.75) is 37.6 Å². The van der Waals surface area contributed by atoms with E-state index in [-0.39, 0.29) is 19.2 Å². The Morgan fingerprint density at radius 2 is 1.85 bits per heavy atom. The summed E-state index contributed by atoms with van der Waals surface area (Å²) in [5, 5.41) is 9.04. The molecule has 1 aromatic rings. The molecule has 0 aliphatic carbocycles. The number of hydrogen-bond acceptors (Lipinski definition) is 3. The summed E-state index contributed by atoms with van der Waals surface area (Å²) in [4.78, 5) is -0.570. The van der Waals surface area contributed by atoms with Gasteiger partial charge in [0.2, 0.25) is 10.0 Å². The maximum atomic E-state index is 13.7. The lowest BCUT2D eigenvalue weighted by molar-refractivity contribution is 0.219. The highest BCUT2D eigenvalue weighted by molar-refractivity contribution is 7.89. The summed E-state index contributed by atoms with van der Waals surface area (Å²) in [7, 11) is -4.10. The van der Waals surface area contributed by atoms with Crippen molar-refractivity contribution in [1.29, 1.82) is 0 Å². The molecule has 0 aromatic heterocycles. The average Bonchev–Trinajstić information content (AvgIpc) is 2.38. The number of benzene rings is 1. The van der Waals surface area contributed by atoms with Gasteiger partial charge in [0.15, 0.2) is 0 Å². The van der Waals surface area contributed by atoms with Gasteiger partial charge in [0.25, 0.3) is 0 Å². The van der Waals surface area contributed by atoms with Crippen molar-refractivity contribution in [3.63, 3.8) is 0 Å². The third kappa shape index (κ3) is 3.53. The van der Waals surface area contributed by atoms with Crippen LogP contribution in [0.4, 0.5) is 8.78 Å². The molecular formula is C13H19F2NO3S. The van der Waals surface area contributed by atoms with Crippen molar-refractivity contribution in [1.82, 2.24) is 4.31 Å². The summed E-state index contributed by atoms with van der Waals surface area (Å²) in [5.41, 5.74) is 0. The molecule has 0 radical (unpaired) electrons. The van der Waals surface area contributed by atoms with Gasteiger partial charge in [-0.25, -0.2) is 17.2 Å². The lowest BCUT2D eigenvalue weighted by atomic mass is 10.2. The van der Waals surface area contributed by atoms with Crippen LogP contribution in [0.5, 0.6) is 0 Å². The number of hydrogen-bond donors (Lipinski definition) is 1. The average molecular weight is 307 g/mol. The maximum Gasteiger partial charge on any atom is 0.246 e. The van der Waals surface area contributed by atoms with E-state index in [1.165, 1.54) is 0 Å². The Kier molecular flexibility index (Phi) is 6.04. The van der Waals surface area contributed by atoms with Gasteiger partial charge < -0.3 is 5.11 Å². The Morgan fingerprint density at radius 1 is 1.25 bits per heavy atom. The first kappa shape index (κ1) is 17.0. The van der Waals surface area contributed by atoms with Gasteiger partial charge in [0, 0.05) is 18.7 Å². The Labute approximate surface area is 118 Å². The van der Waals surface area contributed by atoms with Gasteiger partial charge in [0.1, 0.15) is 16.5 Å². The molecule has 114 valence electrons. The molecule has 1 aromatic carbocycles. The van der Waals surface area contributed by atoms with Crippen molar-refractivity contribution in [3.05, 3.63) is 29.8 Å². The zero-order valence-electron chi connectivity index (χ0n) is 11.5. The molecule has 0 aliphatic rings. The SMILES string of the molecule is CCC(CC)N(CCO)S(=O)(=O)c1ccc(F)cc1F. The van der Waals surface area contributed by atoms with Crippen LogP contribution in [0.15, 0.2) is 23.1 Å². The fourth-order valence-electron chi connectivity index (χ4n) is 2.10. The highest BCUT2D eigenvalue weighted by Gasteiger charge is 2.31. The standard InChI is InChI=1S/C13H19F2NO3S/c1-3-11(4-2)16(7-8-17)20(18,19)13-6-5-10(14)9-12(13)15/h5-6,9,11,17H,3-4,7-8H2,1-2H3. The monoisotopic (exact) mass is 307 g/mol. The van der Waals surface area contributed by atoms with Crippen LogP contribution in [0, 0.1) is 11.6 Å². The molecular weight excluding hydrogens is 288 g/mol. The molecule has 0 amide bonds. The van der Waals surface area contributed by atoms with Gasteiger partial charge in [-0.15, -0.1) is 0 Å². The lowest BCUT2D eigenvalue weighted by Gasteiger charge is -2.29. The molecule has 20 heavy (non-hydrogen) atoms. The fourth-order valence-corrected chi connectivity index (χ4v) is 3.91. The first-order chi connectivity index (χ1) is 9.38. The van der Waals surface area contributed by atoms with E-state index in [1.807, 2.05) is 13.8 Å². The van der Waals surface area contributed by atoms with Gasteiger partial charge in [-0.1, -0.05) is 13.8 Å². The Balaban J connectivity index is 3.28. The van der Waals surface area contributed by atoms with E-state index in [4.69, 9.17) is 5.11 Å². The summed E-state index contributed by atoms with van der Waals surface area (Å²) >= 11 is 0. The highest BCUT2D eigenvalue weighted by atomic mass is 32.2. The first-order valence-electron chi connectivity index (χ1n) is 6.46. The van der Waals surface area contributed by atoms with Crippen molar-refractivity contribution in [2.24, 2.45) is 0 Å². The molecule has 1 rings (SSSR count). The first-order valence-corrected chi connectivity index (χ1v) is 7.90. The van der Waals surface area contributed by atoms with Gasteiger partial charge in [-0.05, 0) is 25.0 Å². The van der Waals surface area contributed by atoms with Crippen molar-refractivity contribution < 1.29 is 22.3 Å². The van der Waals surface area contributed by atoms with Crippen LogP contribution in [-0.2, 0) is 10.0 Å². The summed E-state index contributed by atoms with van der Waals surface area (Å²) in [6, 6.07) is 2.01. The minimum atomic E-state index is -4.10. The van der Waals surface area contributed by atoms with E-state index < -0.39 is 26.6 Å². The molecule has 0 saturated heterocycles. The van der Waals surface area contributed by atoms with E-state index >= 15 is 0 Å². The number of aliphatic hydroxyl groups is 1. The topological polar surface area (TPSA) is 57.6 Å². The predicted octanol–water partition coefficient (Wildman–Crippen LogP) is 2.14. The summed E-state index contributed by atoms with van der Waals surface area (Å²) < 4.78 is 52.6. The highest BCUT2D eigenvalue weighted by Crippen LogP contribution is 2.23. The van der Waals surface area contributed by atoms with Crippen LogP contribution in [0.1, 0.15) is 26.7 Å². The molecule has 1 N–H and O–H groups in total. The van der Waals surface area contributed by atoms with Gasteiger partial charge in [-0.2, -0.15) is 4.31 Å². The van der Waals surface area contributed by atoms with Crippen LogP contribution in [-0.4, -0.2) is 37.0 Å². The Morgan fingerprint density at radius 3 is 2.30 bits per heavy atom. The number of aliphatic hydroxyl groups excluding tert-OH is 1. The molecule has 0 spiro atoms. The largest absolute Gasteiger partial charge is 0.395 e. The fraction of sp³-hybridized carbons (Fsp3) is 0.538. The zero-order valence-corrected chi connectivity index (χ0v) is 12.3. The molecule has 0 atom stereocenters. The van der Waals surface area contributed by atoms with E-state index in [9.17, 15) is 17.2 Å². The number of rotatable bonds is 7. The summed E-state index contributed by atoms with van der Waals surface area (Å²) in [6.07, 6.45) is 1.08. The number of halogens is 2. The maximum absolute atomic E-state index is 13.7. The molecule has 0 saturated carbocycles. The van der Waals surface area contributed by atoms with E-state index in [2.05, 4.69) is 0 Å². The van der Waals surface area contributed by atoms with Crippen molar-refractivity contribution in [2.75, 3.05) is 13.2 Å². The molecule has 0 aliphatic heterocycles. The number of nitrogens with zero attached hydrogens (tertiary/aromatic N) is 1. The van der Waals surface area contributed by atoms with Gasteiger partial charge >= 0.3 is 0 Å². The molecule has 0 bridgehead atoms. The Bertz CT molecular complexity index is 545. The normalized spacial score (nSPS) is 12.3. The minimum absolute atomic E-state index is 0.120. The van der Waals surface area contributed by atoms with Crippen molar-refractivity contribution >= 4 is 10.0 Å². The zero-order chi connectivity index (χ0) is 15.3. The van der Waals surface area contributed by atoms with Crippen LogP contribution in [0.2, 0.25) is 0 Å². The third-order valence-electron chi connectivity index (χ3n) is 3.15. The van der Waals surface area contributed by atoms with Gasteiger partial charge in [0.05, 0.1) is 6.61 Å². The van der Waals surface area contributed by atoms with Crippen LogP contribution < -0.4 is 0 Å². The summed E-state index contributed by atoms with van der Waals surface area (Å²) in [5.74, 6) is -1.96. The number of sulfonamides is 1. The quantitative estimate of drug-likeness (QED) is 0.839. The second kappa shape index (κ2) is 7.10. The van der Waals surface area contributed by atoms with E-state index in [1.54, 1.807) is 0 Å². The molecule has 7 heteroatoms. The van der Waals surface area contributed by atoms with E-state index in [0.717, 1.165) is 16.4 Å². The molecule has 4 nitrogen and oxygen atoms in total. The van der Waals surface area contributed by atoms with Crippen LogP contribution in [0.3, 0.4) is 0 Å². The smallest absolute Gasteiger partial charge is 0.246 e. The van der Waals surface area contributed by atoms with Crippen LogP contribution >= 0.6 is 0 Å². The van der Waals surface area contributed by atoms with E-state index in [0.29, 0.717) is 18.9 Å². The molecule has 0 heterocycles. The molecule has 0 fully saturated rings. The molecule has 0 unspecified atom stereocenters. The second-order valence-electron chi connectivity index (χ2n) is 4.38.